The minimum atomic E-state index is -1.00. The number of hydrogen-bond acceptors (Lipinski definition) is 9. The summed E-state index contributed by atoms with van der Waals surface area (Å²) in [6, 6.07) is 4.93. The number of nitrogen functional groups attached to an aromatic ring is 1. The van der Waals surface area contributed by atoms with E-state index in [2.05, 4.69) is 0 Å². The molecule has 0 amide bonds. The van der Waals surface area contributed by atoms with Gasteiger partial charge < -0.3 is 26.0 Å². The molecule has 182 valence electrons. The summed E-state index contributed by atoms with van der Waals surface area (Å²) in [7, 11) is 0. The molecule has 0 aliphatic carbocycles. The summed E-state index contributed by atoms with van der Waals surface area (Å²) in [5.41, 5.74) is 7.67. The highest BCUT2D eigenvalue weighted by Gasteiger charge is 2.21. The Labute approximate surface area is 191 Å². The normalized spacial score (nSPS) is 17.6. The Morgan fingerprint density at radius 3 is 1.48 bits per heavy atom. The predicted octanol–water partition coefficient (Wildman–Crippen LogP) is -0.939. The Morgan fingerprint density at radius 1 is 0.758 bits per heavy atom. The van der Waals surface area contributed by atoms with Crippen LogP contribution in [0.2, 0.25) is 0 Å². The lowest BCUT2D eigenvalue weighted by Crippen LogP contribution is -2.48. The fourth-order valence-electron chi connectivity index (χ4n) is 3.76. The first-order valence-corrected chi connectivity index (χ1v) is 10.6. The van der Waals surface area contributed by atoms with E-state index in [0.29, 0.717) is 75.6 Å². The van der Waals surface area contributed by atoms with Gasteiger partial charge in [0, 0.05) is 57.9 Å². The van der Waals surface area contributed by atoms with E-state index in [0.717, 1.165) is 0 Å². The molecule has 2 rings (SSSR count). The lowest BCUT2D eigenvalue weighted by atomic mass is 10.1. The molecule has 1 heterocycles. The lowest BCUT2D eigenvalue weighted by molar-refractivity contribution is -0.140. The van der Waals surface area contributed by atoms with Crippen molar-refractivity contribution in [1.82, 2.24) is 14.7 Å². The van der Waals surface area contributed by atoms with Gasteiger partial charge in [-0.1, -0.05) is 0 Å². The Hall–Kier alpha value is -3.22. The summed E-state index contributed by atoms with van der Waals surface area (Å²) < 4.78 is 0. The summed E-state index contributed by atoms with van der Waals surface area (Å²) in [6.45, 7) is 2.31. The number of anilines is 2. The van der Waals surface area contributed by atoms with Crippen LogP contribution in [0.4, 0.5) is 11.4 Å². The number of nitrogens with two attached hydrogens (primary N) is 1. The van der Waals surface area contributed by atoms with Crippen molar-refractivity contribution in [2.45, 2.75) is 0 Å². The number of nitrogens with zero attached hydrogens (tertiary/aromatic N) is 4. The molecule has 33 heavy (non-hydrogen) atoms. The third-order valence-corrected chi connectivity index (χ3v) is 5.44. The molecule has 1 aromatic carbocycles. The molecule has 1 aliphatic rings. The first-order chi connectivity index (χ1) is 15.7. The summed E-state index contributed by atoms with van der Waals surface area (Å²) in [4.78, 5) is 52.1. The standard InChI is InChI=1S/C21H31N5O7/c22-17-11-16(15-27)1-2-18(17)26-9-7-24(13-20(30)31)5-3-23(12-19(28)29)4-6-25(8-10-26)14-21(32)33/h1-2,11,15H,3-10,12-14,22H2,(H,28,29)(H,30,31)(H,32,33). The predicted molar refractivity (Wildman–Crippen MR) is 121 cm³/mol. The van der Waals surface area contributed by atoms with E-state index in [-0.39, 0.29) is 19.6 Å². The average Bonchev–Trinajstić information content (AvgIpc) is 2.73. The zero-order chi connectivity index (χ0) is 24.4. The van der Waals surface area contributed by atoms with Gasteiger partial charge in [0.05, 0.1) is 31.0 Å². The summed E-state index contributed by atoms with van der Waals surface area (Å²) >= 11 is 0. The van der Waals surface area contributed by atoms with E-state index in [1.165, 1.54) is 0 Å². The van der Waals surface area contributed by atoms with Crippen LogP contribution in [0.5, 0.6) is 0 Å². The molecule has 0 unspecified atom stereocenters. The second-order valence-corrected chi connectivity index (χ2v) is 7.93. The Kier molecular flexibility index (Phi) is 10.0. The van der Waals surface area contributed by atoms with Crippen molar-refractivity contribution in [2.24, 2.45) is 0 Å². The first-order valence-electron chi connectivity index (χ1n) is 10.6. The summed E-state index contributed by atoms with van der Waals surface area (Å²) in [5, 5.41) is 27.8. The summed E-state index contributed by atoms with van der Waals surface area (Å²) in [6.07, 6.45) is 0.697. The van der Waals surface area contributed by atoms with Crippen molar-refractivity contribution in [3.8, 4) is 0 Å². The first kappa shape index (κ1) is 26.0. The van der Waals surface area contributed by atoms with Gasteiger partial charge in [0.15, 0.2) is 0 Å². The van der Waals surface area contributed by atoms with Gasteiger partial charge >= 0.3 is 17.9 Å². The zero-order valence-corrected chi connectivity index (χ0v) is 18.4. The maximum Gasteiger partial charge on any atom is 0.317 e. The maximum atomic E-state index is 11.3. The van der Waals surface area contributed by atoms with Crippen LogP contribution in [0, 0.1) is 0 Å². The van der Waals surface area contributed by atoms with E-state index in [1.807, 2.05) is 4.90 Å². The molecule has 1 aliphatic heterocycles. The highest BCUT2D eigenvalue weighted by Crippen LogP contribution is 2.24. The highest BCUT2D eigenvalue weighted by atomic mass is 16.4. The minimum Gasteiger partial charge on any atom is -0.480 e. The Morgan fingerprint density at radius 2 is 1.15 bits per heavy atom. The van der Waals surface area contributed by atoms with Crippen LogP contribution in [0.3, 0.4) is 0 Å². The van der Waals surface area contributed by atoms with Gasteiger partial charge in [-0.05, 0) is 18.2 Å². The number of carbonyl (C=O) groups excluding carboxylic acids is 1. The van der Waals surface area contributed by atoms with Crippen molar-refractivity contribution in [3.63, 3.8) is 0 Å². The number of carboxylic acids is 3. The highest BCUT2D eigenvalue weighted by molar-refractivity contribution is 5.81. The third kappa shape index (κ3) is 9.04. The van der Waals surface area contributed by atoms with Crippen LogP contribution < -0.4 is 10.6 Å². The molecular formula is C21H31N5O7. The average molecular weight is 466 g/mol. The SMILES string of the molecule is Nc1cc(C=O)ccc1N1CCN(CC(=O)O)CCN(CC(=O)O)CCN(CC(=O)O)CC1. The molecule has 1 fully saturated rings. The van der Waals surface area contributed by atoms with Crippen molar-refractivity contribution >= 4 is 35.6 Å². The van der Waals surface area contributed by atoms with Crippen molar-refractivity contribution in [2.75, 3.05) is 82.6 Å². The van der Waals surface area contributed by atoms with Gasteiger partial charge in [0.2, 0.25) is 0 Å². The molecular weight excluding hydrogens is 434 g/mol. The third-order valence-electron chi connectivity index (χ3n) is 5.44. The molecule has 5 N–H and O–H groups in total. The van der Waals surface area contributed by atoms with Gasteiger partial charge in [-0.3, -0.25) is 33.9 Å². The number of carbonyl (C=O) groups is 4. The van der Waals surface area contributed by atoms with Crippen LogP contribution in [-0.4, -0.2) is 126 Å². The number of carboxylic acid groups (broad SMARTS) is 3. The van der Waals surface area contributed by atoms with Crippen LogP contribution in [-0.2, 0) is 14.4 Å². The quantitative estimate of drug-likeness (QED) is 0.275. The second-order valence-electron chi connectivity index (χ2n) is 7.93. The fourth-order valence-corrected chi connectivity index (χ4v) is 3.76. The van der Waals surface area contributed by atoms with Crippen LogP contribution in [0.15, 0.2) is 18.2 Å². The Balaban J connectivity index is 2.28. The number of benzene rings is 1. The van der Waals surface area contributed by atoms with E-state index in [4.69, 9.17) is 5.73 Å². The maximum absolute atomic E-state index is 11.3. The van der Waals surface area contributed by atoms with Crippen molar-refractivity contribution in [3.05, 3.63) is 23.8 Å². The molecule has 12 heteroatoms. The number of hydrogen-bond donors (Lipinski definition) is 4. The Bertz CT molecular complexity index is 818. The molecule has 0 spiro atoms. The smallest absolute Gasteiger partial charge is 0.317 e. The minimum absolute atomic E-state index is 0.195. The van der Waals surface area contributed by atoms with E-state index in [1.54, 1.807) is 32.9 Å². The van der Waals surface area contributed by atoms with Crippen LogP contribution in [0.25, 0.3) is 0 Å². The second kappa shape index (κ2) is 12.7. The molecule has 0 aromatic heterocycles. The monoisotopic (exact) mass is 465 g/mol. The number of aliphatic carboxylic acids is 3. The van der Waals surface area contributed by atoms with Gasteiger partial charge in [-0.15, -0.1) is 0 Å². The molecule has 12 nitrogen and oxygen atoms in total. The molecule has 0 saturated carbocycles. The van der Waals surface area contributed by atoms with Gasteiger partial charge in [-0.25, -0.2) is 0 Å². The molecule has 1 saturated heterocycles. The van der Waals surface area contributed by atoms with Crippen molar-refractivity contribution in [1.29, 1.82) is 0 Å². The van der Waals surface area contributed by atoms with E-state index < -0.39 is 17.9 Å². The van der Waals surface area contributed by atoms with Gasteiger partial charge in [-0.2, -0.15) is 0 Å². The van der Waals surface area contributed by atoms with Crippen LogP contribution in [0.1, 0.15) is 10.4 Å². The topological polar surface area (TPSA) is 168 Å². The molecule has 0 bridgehead atoms. The fraction of sp³-hybridized carbons (Fsp3) is 0.524. The largest absolute Gasteiger partial charge is 0.480 e. The molecule has 0 atom stereocenters. The van der Waals surface area contributed by atoms with E-state index >= 15 is 0 Å². The van der Waals surface area contributed by atoms with Crippen molar-refractivity contribution < 1.29 is 34.5 Å². The van der Waals surface area contributed by atoms with E-state index in [9.17, 15) is 34.5 Å². The van der Waals surface area contributed by atoms with Gasteiger partial charge in [0.25, 0.3) is 0 Å². The molecule has 0 radical (unpaired) electrons. The zero-order valence-electron chi connectivity index (χ0n) is 18.4. The number of rotatable bonds is 8. The lowest BCUT2D eigenvalue weighted by Gasteiger charge is -2.34. The van der Waals surface area contributed by atoms with Crippen LogP contribution >= 0.6 is 0 Å². The number of aldehydes is 1. The summed E-state index contributed by atoms with van der Waals surface area (Å²) in [5.74, 6) is -2.97. The molecule has 1 aromatic rings. The van der Waals surface area contributed by atoms with Gasteiger partial charge in [0.1, 0.15) is 6.29 Å².